The number of fused-ring (bicyclic) bond motifs is 1. The third-order valence-corrected chi connectivity index (χ3v) is 6.36. The molecule has 0 radical (unpaired) electrons. The summed E-state index contributed by atoms with van der Waals surface area (Å²) in [5.41, 5.74) is 3.59. The highest BCUT2D eigenvalue weighted by atomic mass is 16.5. The molecule has 2 heterocycles. The highest BCUT2D eigenvalue weighted by Gasteiger charge is 2.23. The number of amides is 1. The second-order valence-corrected chi connectivity index (χ2v) is 9.09. The molecule has 0 spiro atoms. The van der Waals surface area contributed by atoms with Crippen molar-refractivity contribution in [1.29, 1.82) is 0 Å². The Labute approximate surface area is 209 Å². The summed E-state index contributed by atoms with van der Waals surface area (Å²) in [6.07, 6.45) is 6.22. The van der Waals surface area contributed by atoms with Crippen LogP contribution in [0.2, 0.25) is 0 Å². The number of phenolic OH excluding ortho intramolecular Hbond substituents is 1. The number of carbonyl (C=O) groups excluding carboxylic acids is 1. The van der Waals surface area contributed by atoms with Crippen LogP contribution in [0, 0.1) is 0 Å². The Kier molecular flexibility index (Phi) is 6.37. The van der Waals surface area contributed by atoms with Crippen LogP contribution < -0.4 is 14.8 Å². The highest BCUT2D eigenvalue weighted by molar-refractivity contribution is 5.98. The lowest BCUT2D eigenvalue weighted by Gasteiger charge is -2.16. The van der Waals surface area contributed by atoms with E-state index >= 15 is 0 Å². The average molecular weight is 488 g/mol. The first-order valence-corrected chi connectivity index (χ1v) is 11.9. The second-order valence-electron chi connectivity index (χ2n) is 9.09. The normalized spacial score (nSPS) is 13.6. The maximum atomic E-state index is 12.4. The fraction of sp³-hybridized carbons (Fsp3) is 0.296. The summed E-state index contributed by atoms with van der Waals surface area (Å²) in [4.78, 5) is 26.6. The van der Waals surface area contributed by atoms with Crippen LogP contribution in [-0.4, -0.2) is 58.2 Å². The van der Waals surface area contributed by atoms with Crippen LogP contribution >= 0.6 is 0 Å². The number of nitrogens with one attached hydrogen (secondary N) is 2. The molecule has 1 aliphatic rings. The Bertz CT molecular complexity index is 1390. The topological polar surface area (TPSA) is 113 Å². The van der Waals surface area contributed by atoms with Gasteiger partial charge in [0.2, 0.25) is 11.8 Å². The smallest absolute Gasteiger partial charge is 0.253 e. The van der Waals surface area contributed by atoms with Crippen molar-refractivity contribution < 1.29 is 19.4 Å². The SMILES string of the molecule is COc1cc(C(=O)N(C)C)ccc1Nc1nc(OC2CCCC2)c2c(-c3ccc(O)cc3)c[nH]c2n1. The van der Waals surface area contributed by atoms with Crippen molar-refractivity contribution in [2.75, 3.05) is 26.5 Å². The van der Waals surface area contributed by atoms with Gasteiger partial charge in [-0.3, -0.25) is 4.79 Å². The van der Waals surface area contributed by atoms with Crippen molar-refractivity contribution in [3.63, 3.8) is 0 Å². The van der Waals surface area contributed by atoms with Gasteiger partial charge in [-0.25, -0.2) is 0 Å². The zero-order chi connectivity index (χ0) is 25.2. The number of carbonyl (C=O) groups is 1. The van der Waals surface area contributed by atoms with Gasteiger partial charge < -0.3 is 29.8 Å². The summed E-state index contributed by atoms with van der Waals surface area (Å²) in [5.74, 6) is 1.44. The van der Waals surface area contributed by atoms with Crippen LogP contribution in [0.25, 0.3) is 22.2 Å². The van der Waals surface area contributed by atoms with Crippen LogP contribution in [-0.2, 0) is 0 Å². The van der Waals surface area contributed by atoms with Crippen molar-refractivity contribution >= 4 is 28.6 Å². The van der Waals surface area contributed by atoms with Crippen LogP contribution in [0.4, 0.5) is 11.6 Å². The van der Waals surface area contributed by atoms with Crippen LogP contribution in [0.15, 0.2) is 48.7 Å². The first-order valence-electron chi connectivity index (χ1n) is 11.9. The van der Waals surface area contributed by atoms with E-state index in [1.165, 1.54) is 4.90 Å². The molecule has 36 heavy (non-hydrogen) atoms. The van der Waals surface area contributed by atoms with Gasteiger partial charge in [-0.15, -0.1) is 0 Å². The van der Waals surface area contributed by atoms with E-state index in [1.807, 2.05) is 18.3 Å². The fourth-order valence-corrected chi connectivity index (χ4v) is 4.48. The molecular formula is C27H29N5O4. The number of ether oxygens (including phenoxy) is 2. The van der Waals surface area contributed by atoms with Gasteiger partial charge in [0.05, 0.1) is 18.2 Å². The lowest BCUT2D eigenvalue weighted by Crippen LogP contribution is -2.21. The predicted octanol–water partition coefficient (Wildman–Crippen LogP) is 5.11. The zero-order valence-electron chi connectivity index (χ0n) is 20.5. The summed E-state index contributed by atoms with van der Waals surface area (Å²) >= 11 is 0. The molecule has 4 aromatic rings. The molecule has 1 saturated carbocycles. The Morgan fingerprint density at radius 2 is 1.86 bits per heavy atom. The first kappa shape index (κ1) is 23.5. The number of phenols is 1. The van der Waals surface area contributed by atoms with Gasteiger partial charge in [-0.1, -0.05) is 12.1 Å². The quantitative estimate of drug-likeness (QED) is 0.332. The third-order valence-electron chi connectivity index (χ3n) is 6.36. The van der Waals surface area contributed by atoms with Crippen molar-refractivity contribution in [2.45, 2.75) is 31.8 Å². The molecule has 0 aliphatic heterocycles. The molecule has 9 heteroatoms. The average Bonchev–Trinajstić information content (AvgIpc) is 3.54. The van der Waals surface area contributed by atoms with E-state index in [-0.39, 0.29) is 17.8 Å². The molecule has 0 atom stereocenters. The number of hydrogen-bond donors (Lipinski definition) is 3. The Morgan fingerprint density at radius 3 is 2.56 bits per heavy atom. The number of anilines is 2. The van der Waals surface area contributed by atoms with Gasteiger partial charge in [0.25, 0.3) is 5.91 Å². The molecule has 1 aliphatic carbocycles. The lowest BCUT2D eigenvalue weighted by molar-refractivity contribution is 0.0827. The second kappa shape index (κ2) is 9.77. The molecule has 5 rings (SSSR count). The molecular weight excluding hydrogens is 458 g/mol. The molecule has 3 N–H and O–H groups in total. The minimum absolute atomic E-state index is 0.101. The number of rotatable bonds is 7. The van der Waals surface area contributed by atoms with E-state index in [2.05, 4.69) is 10.3 Å². The van der Waals surface area contributed by atoms with Crippen molar-refractivity contribution in [2.24, 2.45) is 0 Å². The summed E-state index contributed by atoms with van der Waals surface area (Å²) in [7, 11) is 4.97. The largest absolute Gasteiger partial charge is 0.508 e. The Morgan fingerprint density at radius 1 is 1.11 bits per heavy atom. The van der Waals surface area contributed by atoms with Gasteiger partial charge >= 0.3 is 0 Å². The lowest BCUT2D eigenvalue weighted by atomic mass is 10.1. The Hall–Kier alpha value is -4.27. The van der Waals surface area contributed by atoms with Gasteiger partial charge in [-0.2, -0.15) is 9.97 Å². The molecule has 0 unspecified atom stereocenters. The van der Waals surface area contributed by atoms with E-state index in [0.717, 1.165) is 42.2 Å². The molecule has 0 saturated heterocycles. The molecule has 2 aromatic carbocycles. The van der Waals surface area contributed by atoms with E-state index < -0.39 is 0 Å². The van der Waals surface area contributed by atoms with E-state index in [0.29, 0.717) is 34.5 Å². The molecule has 186 valence electrons. The Balaban J connectivity index is 1.54. The minimum Gasteiger partial charge on any atom is -0.508 e. The molecule has 9 nitrogen and oxygen atoms in total. The number of aromatic amines is 1. The van der Waals surface area contributed by atoms with Crippen molar-refractivity contribution in [3.8, 4) is 28.5 Å². The standard InChI is InChI=1S/C27H29N5O4/c1-32(2)26(34)17-10-13-21(22(14-17)35-3)29-27-30-24-23(25(31-27)36-19-6-4-5-7-19)20(15-28-24)16-8-11-18(33)12-9-16/h8-15,19,33H,4-7H2,1-3H3,(H2,28,29,30,31). The van der Waals surface area contributed by atoms with Crippen LogP contribution in [0.3, 0.4) is 0 Å². The third kappa shape index (κ3) is 4.64. The molecule has 1 fully saturated rings. The monoisotopic (exact) mass is 487 g/mol. The zero-order valence-corrected chi connectivity index (χ0v) is 20.5. The van der Waals surface area contributed by atoms with Gasteiger partial charge in [0, 0.05) is 31.4 Å². The van der Waals surface area contributed by atoms with E-state index in [4.69, 9.17) is 19.4 Å². The fourth-order valence-electron chi connectivity index (χ4n) is 4.48. The number of nitrogens with zero attached hydrogens (tertiary/aromatic N) is 3. The first-order chi connectivity index (χ1) is 17.4. The maximum absolute atomic E-state index is 12.4. The number of aromatic hydroxyl groups is 1. The number of methoxy groups -OCH3 is 1. The van der Waals surface area contributed by atoms with Crippen LogP contribution in [0.5, 0.6) is 17.4 Å². The number of hydrogen-bond acceptors (Lipinski definition) is 7. The van der Waals surface area contributed by atoms with Gasteiger partial charge in [-0.05, 0) is 61.6 Å². The summed E-state index contributed by atoms with van der Waals surface area (Å²) < 4.78 is 11.9. The molecule has 2 aromatic heterocycles. The highest BCUT2D eigenvalue weighted by Crippen LogP contribution is 2.37. The summed E-state index contributed by atoms with van der Waals surface area (Å²) in [6, 6.07) is 12.2. The van der Waals surface area contributed by atoms with E-state index in [1.54, 1.807) is 51.5 Å². The molecule has 0 bridgehead atoms. The van der Waals surface area contributed by atoms with Crippen molar-refractivity contribution in [1.82, 2.24) is 19.9 Å². The predicted molar refractivity (Wildman–Crippen MR) is 138 cm³/mol. The number of aromatic nitrogens is 3. The van der Waals surface area contributed by atoms with Crippen molar-refractivity contribution in [3.05, 3.63) is 54.2 Å². The van der Waals surface area contributed by atoms with E-state index in [9.17, 15) is 9.90 Å². The van der Waals surface area contributed by atoms with Gasteiger partial charge in [0.1, 0.15) is 23.3 Å². The van der Waals surface area contributed by atoms with Crippen LogP contribution in [0.1, 0.15) is 36.0 Å². The maximum Gasteiger partial charge on any atom is 0.253 e. The number of H-pyrrole nitrogens is 1. The van der Waals surface area contributed by atoms with Gasteiger partial charge in [0.15, 0.2) is 0 Å². The number of benzene rings is 2. The summed E-state index contributed by atoms with van der Waals surface area (Å²) in [5, 5.41) is 13.7. The molecule has 1 amide bonds. The minimum atomic E-state index is -0.113. The summed E-state index contributed by atoms with van der Waals surface area (Å²) in [6.45, 7) is 0.